The van der Waals surface area contributed by atoms with E-state index in [1.807, 2.05) is 90.1 Å². The smallest absolute Gasteiger partial charge is 0.313 e. The molecule has 1 aliphatic rings. The third kappa shape index (κ3) is 5.17. The first kappa shape index (κ1) is 23.1. The summed E-state index contributed by atoms with van der Waals surface area (Å²) in [5.74, 6) is -1.39. The molecule has 2 aromatic rings. The molecular formula is C27H34O4. The Labute approximate surface area is 185 Å². The lowest BCUT2D eigenvalue weighted by Gasteiger charge is -2.40. The number of carbonyl (C=O) groups is 2. The Morgan fingerprint density at radius 3 is 1.61 bits per heavy atom. The summed E-state index contributed by atoms with van der Waals surface area (Å²) >= 11 is 0. The van der Waals surface area contributed by atoms with Crippen molar-refractivity contribution in [3.05, 3.63) is 59.7 Å². The molecule has 4 heteroatoms. The van der Waals surface area contributed by atoms with Gasteiger partial charge in [0, 0.05) is 11.1 Å². The molecule has 3 rings (SSSR count). The van der Waals surface area contributed by atoms with Crippen LogP contribution in [0.1, 0.15) is 78.0 Å². The largest absolute Gasteiger partial charge is 0.481 e. The number of ether oxygens (including phenoxy) is 1. The minimum Gasteiger partial charge on any atom is -0.481 e. The standard InChI is InChI=1S/C27H34O4/c1-25(2,3)16-27(15-22(28)29,17-26(4,5)6)24(30)31-23-20-13-9-7-11-18(20)19-12-8-10-14-21(19)23/h7-14,23H,15-17H2,1-6H3,(H,28,29). The zero-order chi connectivity index (χ0) is 23.0. The highest BCUT2D eigenvalue weighted by Crippen LogP contribution is 2.50. The molecule has 0 aliphatic heterocycles. The SMILES string of the molecule is CC(C)(C)CC(CC(=O)O)(CC(C)(C)C)C(=O)OC1c2ccccc2-c2ccccc21. The number of fused-ring (bicyclic) bond motifs is 3. The van der Waals surface area contributed by atoms with E-state index in [1.54, 1.807) is 0 Å². The Balaban J connectivity index is 2.05. The molecule has 1 aliphatic carbocycles. The second-order valence-corrected chi connectivity index (χ2v) is 11.3. The van der Waals surface area contributed by atoms with E-state index < -0.39 is 23.5 Å². The van der Waals surface area contributed by atoms with E-state index in [-0.39, 0.29) is 17.3 Å². The number of carboxylic acid groups (broad SMARTS) is 1. The lowest BCUT2D eigenvalue weighted by atomic mass is 9.64. The van der Waals surface area contributed by atoms with E-state index in [2.05, 4.69) is 0 Å². The highest BCUT2D eigenvalue weighted by Gasteiger charge is 2.48. The van der Waals surface area contributed by atoms with Crippen LogP contribution in [0.2, 0.25) is 0 Å². The highest BCUT2D eigenvalue weighted by molar-refractivity contribution is 5.85. The normalized spacial score (nSPS) is 14.1. The van der Waals surface area contributed by atoms with Gasteiger partial charge < -0.3 is 9.84 Å². The summed E-state index contributed by atoms with van der Waals surface area (Å²) in [6, 6.07) is 15.9. The maximum Gasteiger partial charge on any atom is 0.313 e. The van der Waals surface area contributed by atoms with Gasteiger partial charge in [-0.2, -0.15) is 0 Å². The van der Waals surface area contributed by atoms with Crippen molar-refractivity contribution in [1.29, 1.82) is 0 Å². The number of esters is 1. The van der Waals surface area contributed by atoms with E-state index in [9.17, 15) is 14.7 Å². The summed E-state index contributed by atoms with van der Waals surface area (Å²) in [5, 5.41) is 9.76. The molecule has 1 N–H and O–H groups in total. The van der Waals surface area contributed by atoms with Crippen LogP contribution in [0.4, 0.5) is 0 Å². The van der Waals surface area contributed by atoms with Crippen LogP contribution >= 0.6 is 0 Å². The van der Waals surface area contributed by atoms with Gasteiger partial charge in [0.05, 0.1) is 11.8 Å². The summed E-state index contributed by atoms with van der Waals surface area (Å²) in [7, 11) is 0. The van der Waals surface area contributed by atoms with Crippen molar-refractivity contribution in [2.75, 3.05) is 0 Å². The van der Waals surface area contributed by atoms with Crippen molar-refractivity contribution < 1.29 is 19.4 Å². The Kier molecular flexibility index (Phi) is 6.05. The van der Waals surface area contributed by atoms with Crippen molar-refractivity contribution >= 4 is 11.9 Å². The predicted molar refractivity (Wildman–Crippen MR) is 123 cm³/mol. The second-order valence-electron chi connectivity index (χ2n) is 11.3. The van der Waals surface area contributed by atoms with Gasteiger partial charge in [-0.25, -0.2) is 0 Å². The maximum atomic E-state index is 13.8. The molecule has 0 aromatic heterocycles. The van der Waals surface area contributed by atoms with Crippen LogP contribution in [-0.4, -0.2) is 17.0 Å². The van der Waals surface area contributed by atoms with E-state index in [0.29, 0.717) is 12.8 Å². The van der Waals surface area contributed by atoms with Crippen molar-refractivity contribution in [2.45, 2.75) is 66.9 Å². The van der Waals surface area contributed by atoms with Crippen LogP contribution < -0.4 is 0 Å². The molecule has 0 atom stereocenters. The molecule has 0 radical (unpaired) electrons. The van der Waals surface area contributed by atoms with Crippen molar-refractivity contribution in [3.8, 4) is 11.1 Å². The fourth-order valence-corrected chi connectivity index (χ4v) is 5.19. The average Bonchev–Trinajstić information content (AvgIpc) is 2.92. The lowest BCUT2D eigenvalue weighted by Crippen LogP contribution is -2.42. The van der Waals surface area contributed by atoms with Crippen LogP contribution in [0.15, 0.2) is 48.5 Å². The van der Waals surface area contributed by atoms with Gasteiger partial charge in [-0.05, 0) is 34.8 Å². The fourth-order valence-electron chi connectivity index (χ4n) is 5.19. The lowest BCUT2D eigenvalue weighted by molar-refractivity contribution is -0.169. The van der Waals surface area contributed by atoms with Gasteiger partial charge >= 0.3 is 11.9 Å². The molecule has 0 heterocycles. The molecule has 0 amide bonds. The number of rotatable bonds is 6. The van der Waals surface area contributed by atoms with Crippen LogP contribution in [0.5, 0.6) is 0 Å². The number of hydrogen-bond donors (Lipinski definition) is 1. The monoisotopic (exact) mass is 422 g/mol. The van der Waals surface area contributed by atoms with Crippen molar-refractivity contribution in [3.63, 3.8) is 0 Å². The molecule has 0 saturated carbocycles. The third-order valence-electron chi connectivity index (χ3n) is 5.66. The van der Waals surface area contributed by atoms with Gasteiger partial charge in [-0.15, -0.1) is 0 Å². The van der Waals surface area contributed by atoms with Crippen molar-refractivity contribution in [2.24, 2.45) is 16.2 Å². The summed E-state index contributed by atoms with van der Waals surface area (Å²) < 4.78 is 6.22. The Morgan fingerprint density at radius 1 is 0.806 bits per heavy atom. The number of carboxylic acids is 1. The molecule has 31 heavy (non-hydrogen) atoms. The van der Waals surface area contributed by atoms with Gasteiger partial charge in [-0.1, -0.05) is 90.1 Å². The Morgan fingerprint density at radius 2 is 1.23 bits per heavy atom. The maximum absolute atomic E-state index is 13.8. The van der Waals surface area contributed by atoms with Gasteiger partial charge in [-0.3, -0.25) is 9.59 Å². The van der Waals surface area contributed by atoms with E-state index >= 15 is 0 Å². The van der Waals surface area contributed by atoms with Crippen LogP contribution in [0, 0.1) is 16.2 Å². The summed E-state index contributed by atoms with van der Waals surface area (Å²) in [6.07, 6.45) is 0.126. The van der Waals surface area contributed by atoms with Gasteiger partial charge in [0.25, 0.3) is 0 Å². The minimum absolute atomic E-state index is 0.231. The molecule has 0 unspecified atom stereocenters. The minimum atomic E-state index is -1.10. The first-order valence-electron chi connectivity index (χ1n) is 10.9. The number of carbonyl (C=O) groups excluding carboxylic acids is 1. The molecule has 0 spiro atoms. The third-order valence-corrected chi connectivity index (χ3v) is 5.66. The second kappa shape index (κ2) is 8.14. The number of aliphatic carboxylic acids is 1. The van der Waals surface area contributed by atoms with Crippen LogP contribution in [-0.2, 0) is 14.3 Å². The van der Waals surface area contributed by atoms with Gasteiger partial charge in [0.2, 0.25) is 0 Å². The van der Waals surface area contributed by atoms with Crippen molar-refractivity contribution in [1.82, 2.24) is 0 Å². The zero-order valence-corrected chi connectivity index (χ0v) is 19.5. The summed E-state index contributed by atoms with van der Waals surface area (Å²) in [4.78, 5) is 25.8. The zero-order valence-electron chi connectivity index (χ0n) is 19.5. The van der Waals surface area contributed by atoms with Gasteiger partial charge in [0.1, 0.15) is 0 Å². The average molecular weight is 423 g/mol. The van der Waals surface area contributed by atoms with Gasteiger partial charge in [0.15, 0.2) is 6.10 Å². The Bertz CT molecular complexity index is 914. The van der Waals surface area contributed by atoms with E-state index in [0.717, 1.165) is 22.3 Å². The topological polar surface area (TPSA) is 63.6 Å². The molecule has 0 fully saturated rings. The summed E-state index contributed by atoms with van der Waals surface area (Å²) in [5.41, 5.74) is 2.46. The first-order valence-corrected chi connectivity index (χ1v) is 10.9. The van der Waals surface area contributed by atoms with E-state index in [4.69, 9.17) is 4.74 Å². The highest BCUT2D eigenvalue weighted by atomic mass is 16.5. The predicted octanol–water partition coefficient (Wildman–Crippen LogP) is 6.63. The van der Waals surface area contributed by atoms with Crippen LogP contribution in [0.25, 0.3) is 11.1 Å². The fraction of sp³-hybridized carbons (Fsp3) is 0.481. The molecule has 166 valence electrons. The first-order chi connectivity index (χ1) is 14.3. The molecule has 0 saturated heterocycles. The molecule has 0 bridgehead atoms. The molecule has 4 nitrogen and oxygen atoms in total. The summed E-state index contributed by atoms with van der Waals surface area (Å²) in [6.45, 7) is 12.2. The number of benzene rings is 2. The van der Waals surface area contributed by atoms with E-state index in [1.165, 1.54) is 0 Å². The molecule has 2 aromatic carbocycles. The molecular weight excluding hydrogens is 388 g/mol. The van der Waals surface area contributed by atoms with Crippen LogP contribution in [0.3, 0.4) is 0 Å². The quantitative estimate of drug-likeness (QED) is 0.531. The number of hydrogen-bond acceptors (Lipinski definition) is 3. The Hall–Kier alpha value is -2.62.